The molecule has 0 radical (unpaired) electrons. The minimum atomic E-state index is 0.803. The smallest absolute Gasteiger partial charge is 0.0292 e. The summed E-state index contributed by atoms with van der Waals surface area (Å²) in [5.74, 6) is 4.51. The second kappa shape index (κ2) is 1.67. The fraction of sp³-hybridized carbons (Fsp3) is 1.00. The Hall–Kier alpha value is 0. The van der Waals surface area contributed by atoms with E-state index in [1.54, 1.807) is 19.3 Å². The standard InChI is InChI=1S/C11H18/c1-7-9-5-8(9)6-11(2)4-3-10(7)11/h7-10H,3-6H2,1-2H3. The number of rotatable bonds is 0. The van der Waals surface area contributed by atoms with Crippen LogP contribution in [0, 0.1) is 29.1 Å². The van der Waals surface area contributed by atoms with E-state index in [0.29, 0.717) is 0 Å². The molecule has 0 aliphatic heterocycles. The molecule has 0 N–H and O–H groups in total. The fourth-order valence-corrected chi connectivity index (χ4v) is 4.00. The van der Waals surface area contributed by atoms with Crippen molar-refractivity contribution in [3.8, 4) is 0 Å². The zero-order valence-corrected chi connectivity index (χ0v) is 7.64. The third-order valence-electron chi connectivity index (χ3n) is 4.94. The summed E-state index contributed by atoms with van der Waals surface area (Å²) < 4.78 is 0. The minimum Gasteiger partial charge on any atom is -0.0619 e. The van der Waals surface area contributed by atoms with Gasteiger partial charge in [-0.3, -0.25) is 0 Å². The number of hydrogen-bond donors (Lipinski definition) is 0. The highest BCUT2D eigenvalue weighted by Gasteiger charge is 2.59. The van der Waals surface area contributed by atoms with Gasteiger partial charge in [-0.15, -0.1) is 0 Å². The van der Waals surface area contributed by atoms with Gasteiger partial charge in [-0.05, 0) is 54.8 Å². The molecule has 0 bridgehead atoms. The van der Waals surface area contributed by atoms with Crippen molar-refractivity contribution in [3.05, 3.63) is 0 Å². The maximum Gasteiger partial charge on any atom is -0.0292 e. The van der Waals surface area contributed by atoms with Gasteiger partial charge in [0.05, 0.1) is 0 Å². The summed E-state index contributed by atoms with van der Waals surface area (Å²) in [5, 5.41) is 0. The first-order valence-corrected chi connectivity index (χ1v) is 5.21. The predicted molar refractivity (Wildman–Crippen MR) is 46.2 cm³/mol. The Balaban J connectivity index is 1.89. The summed E-state index contributed by atoms with van der Waals surface area (Å²) in [7, 11) is 0. The van der Waals surface area contributed by atoms with Gasteiger partial charge in [0.25, 0.3) is 0 Å². The fourth-order valence-electron chi connectivity index (χ4n) is 4.00. The molecule has 3 saturated carbocycles. The van der Waals surface area contributed by atoms with E-state index >= 15 is 0 Å². The Morgan fingerprint density at radius 2 is 2.18 bits per heavy atom. The molecule has 3 rings (SSSR count). The normalized spacial score (nSPS) is 66.0. The summed E-state index contributed by atoms with van der Waals surface area (Å²) in [4.78, 5) is 0. The molecule has 0 aromatic heterocycles. The first-order valence-electron chi connectivity index (χ1n) is 5.21. The Labute approximate surface area is 69.4 Å². The molecule has 5 unspecified atom stereocenters. The lowest BCUT2D eigenvalue weighted by molar-refractivity contribution is -0.0389. The van der Waals surface area contributed by atoms with Gasteiger partial charge in [-0.1, -0.05) is 13.8 Å². The van der Waals surface area contributed by atoms with Gasteiger partial charge in [0.15, 0.2) is 0 Å². The van der Waals surface area contributed by atoms with Crippen molar-refractivity contribution in [3.63, 3.8) is 0 Å². The van der Waals surface area contributed by atoms with E-state index < -0.39 is 0 Å². The van der Waals surface area contributed by atoms with E-state index in [2.05, 4.69) is 13.8 Å². The molecule has 3 aliphatic carbocycles. The topological polar surface area (TPSA) is 0 Å². The van der Waals surface area contributed by atoms with E-state index in [4.69, 9.17) is 0 Å². The summed E-state index contributed by atoms with van der Waals surface area (Å²) >= 11 is 0. The van der Waals surface area contributed by atoms with Crippen LogP contribution in [0.2, 0.25) is 0 Å². The van der Waals surface area contributed by atoms with Gasteiger partial charge in [0.2, 0.25) is 0 Å². The Morgan fingerprint density at radius 1 is 1.36 bits per heavy atom. The third kappa shape index (κ3) is 0.666. The molecular formula is C11H18. The van der Waals surface area contributed by atoms with Crippen LogP contribution in [-0.2, 0) is 0 Å². The quantitative estimate of drug-likeness (QED) is 0.498. The molecule has 11 heavy (non-hydrogen) atoms. The van der Waals surface area contributed by atoms with Crippen LogP contribution in [-0.4, -0.2) is 0 Å². The summed E-state index contributed by atoms with van der Waals surface area (Å²) in [5.41, 5.74) is 0.803. The summed E-state index contributed by atoms with van der Waals surface area (Å²) in [6, 6.07) is 0. The summed E-state index contributed by atoms with van der Waals surface area (Å²) in [6.45, 7) is 5.04. The van der Waals surface area contributed by atoms with Crippen molar-refractivity contribution in [2.75, 3.05) is 0 Å². The SMILES string of the molecule is CC1C2CC2CC2(C)CCC12. The van der Waals surface area contributed by atoms with Gasteiger partial charge >= 0.3 is 0 Å². The first-order chi connectivity index (χ1) is 5.21. The van der Waals surface area contributed by atoms with Crippen molar-refractivity contribution < 1.29 is 0 Å². The molecule has 3 fully saturated rings. The Bertz CT molecular complexity index is 196. The molecule has 3 aliphatic rings. The van der Waals surface area contributed by atoms with Gasteiger partial charge in [-0.2, -0.15) is 0 Å². The molecule has 0 aromatic rings. The Morgan fingerprint density at radius 3 is 2.82 bits per heavy atom. The van der Waals surface area contributed by atoms with Gasteiger partial charge < -0.3 is 0 Å². The van der Waals surface area contributed by atoms with E-state index in [1.165, 1.54) is 6.42 Å². The molecule has 0 spiro atoms. The van der Waals surface area contributed by atoms with Crippen molar-refractivity contribution in [1.82, 2.24) is 0 Å². The van der Waals surface area contributed by atoms with Gasteiger partial charge in [-0.25, -0.2) is 0 Å². The van der Waals surface area contributed by atoms with Gasteiger partial charge in [0, 0.05) is 0 Å². The van der Waals surface area contributed by atoms with E-state index in [1.807, 2.05) is 0 Å². The van der Waals surface area contributed by atoms with Crippen LogP contribution in [0.1, 0.15) is 39.5 Å². The second-order valence-electron chi connectivity index (χ2n) is 5.52. The zero-order valence-electron chi connectivity index (χ0n) is 7.64. The monoisotopic (exact) mass is 150 g/mol. The lowest BCUT2D eigenvalue weighted by Crippen LogP contribution is -2.45. The molecule has 62 valence electrons. The maximum absolute atomic E-state index is 2.53. The van der Waals surface area contributed by atoms with Crippen LogP contribution in [0.25, 0.3) is 0 Å². The molecule has 0 amide bonds. The van der Waals surface area contributed by atoms with Crippen LogP contribution in [0.15, 0.2) is 0 Å². The average molecular weight is 150 g/mol. The molecule has 0 saturated heterocycles. The van der Waals surface area contributed by atoms with E-state index in [9.17, 15) is 0 Å². The van der Waals surface area contributed by atoms with Crippen LogP contribution in [0.5, 0.6) is 0 Å². The lowest BCUT2D eigenvalue weighted by atomic mass is 9.52. The molecule has 0 heteroatoms. The van der Waals surface area contributed by atoms with Crippen LogP contribution in [0.3, 0.4) is 0 Å². The maximum atomic E-state index is 2.53. The first kappa shape index (κ1) is 6.51. The largest absolute Gasteiger partial charge is 0.0619 e. The highest BCUT2D eigenvalue weighted by molar-refractivity contribution is 5.08. The van der Waals surface area contributed by atoms with Crippen molar-refractivity contribution >= 4 is 0 Å². The Kier molecular flexibility index (Phi) is 0.990. The predicted octanol–water partition coefficient (Wildman–Crippen LogP) is 3.08. The molecule has 0 heterocycles. The highest BCUT2D eigenvalue weighted by Crippen LogP contribution is 2.67. The van der Waals surface area contributed by atoms with E-state index in [0.717, 1.165) is 29.1 Å². The van der Waals surface area contributed by atoms with E-state index in [-0.39, 0.29) is 0 Å². The van der Waals surface area contributed by atoms with Crippen LogP contribution < -0.4 is 0 Å². The minimum absolute atomic E-state index is 0.803. The molecule has 0 nitrogen and oxygen atoms in total. The zero-order chi connectivity index (χ0) is 7.64. The third-order valence-corrected chi connectivity index (χ3v) is 4.94. The number of hydrogen-bond acceptors (Lipinski definition) is 0. The second-order valence-corrected chi connectivity index (χ2v) is 5.52. The van der Waals surface area contributed by atoms with Crippen molar-refractivity contribution in [2.24, 2.45) is 29.1 Å². The molecule has 0 aromatic carbocycles. The number of fused-ring (bicyclic) bond motifs is 2. The van der Waals surface area contributed by atoms with Crippen LogP contribution >= 0.6 is 0 Å². The van der Waals surface area contributed by atoms with Crippen LogP contribution in [0.4, 0.5) is 0 Å². The van der Waals surface area contributed by atoms with Crippen molar-refractivity contribution in [1.29, 1.82) is 0 Å². The molecular weight excluding hydrogens is 132 g/mol. The highest BCUT2D eigenvalue weighted by atomic mass is 14.6. The molecule has 5 atom stereocenters. The lowest BCUT2D eigenvalue weighted by Gasteiger charge is -2.53. The average Bonchev–Trinajstić information content (AvgIpc) is 2.63. The van der Waals surface area contributed by atoms with Crippen molar-refractivity contribution in [2.45, 2.75) is 39.5 Å². The summed E-state index contributed by atoms with van der Waals surface area (Å²) in [6.07, 6.45) is 6.23. The van der Waals surface area contributed by atoms with Gasteiger partial charge in [0.1, 0.15) is 0 Å².